The van der Waals surface area contributed by atoms with Crippen LogP contribution in [0.1, 0.15) is 13.8 Å². The topological polar surface area (TPSA) is 39.3 Å². The first-order chi connectivity index (χ1) is 6.21. The second-order valence-corrected chi connectivity index (χ2v) is 3.53. The average Bonchev–Trinajstić information content (AvgIpc) is 2.78. The normalized spacial score (nSPS) is 10.3. The van der Waals surface area contributed by atoms with Gasteiger partial charge in [-0.25, -0.2) is 0 Å². The molecule has 0 saturated heterocycles. The van der Waals surface area contributed by atoms with E-state index in [0.29, 0.717) is 0 Å². The van der Waals surface area contributed by atoms with E-state index in [1.807, 2.05) is 37.4 Å². The maximum absolute atomic E-state index is 3.04. The van der Waals surface area contributed by atoms with Crippen LogP contribution in [0.15, 0.2) is 37.4 Å². The van der Waals surface area contributed by atoms with Crippen molar-refractivity contribution in [2.24, 2.45) is 0 Å². The van der Waals surface area contributed by atoms with E-state index in [2.05, 4.69) is 32.9 Å². The van der Waals surface area contributed by atoms with E-state index in [9.17, 15) is 0 Å². The number of halogens is 2. The summed E-state index contributed by atoms with van der Waals surface area (Å²) < 4.78 is 4.22. The Morgan fingerprint density at radius 1 is 0.867 bits per heavy atom. The molecule has 4 nitrogen and oxygen atoms in total. The lowest BCUT2D eigenvalue weighted by Gasteiger charge is -2.16. The maximum Gasteiger partial charge on any atom is 0.246 e. The molecule has 0 amide bonds. The van der Waals surface area contributed by atoms with E-state index in [-0.39, 0.29) is 39.6 Å². The Balaban J connectivity index is 0.000000980. The first-order valence-electron chi connectivity index (χ1n) is 4.30. The molecule has 2 aromatic heterocycles. The van der Waals surface area contributed by atoms with Crippen LogP contribution >= 0.6 is 0 Å². The highest BCUT2D eigenvalue weighted by Gasteiger charge is 2.31. The first-order valence-corrected chi connectivity index (χ1v) is 4.30. The van der Waals surface area contributed by atoms with Crippen molar-refractivity contribution in [3.05, 3.63) is 37.4 Å². The number of aromatic amines is 2. The number of hydrogen-bond donors (Lipinski definition) is 2. The molecular formula is C9H14Br2N4. The molecule has 0 bridgehead atoms. The molecule has 2 N–H and O–H groups in total. The van der Waals surface area contributed by atoms with Crippen LogP contribution in [0.25, 0.3) is 0 Å². The van der Waals surface area contributed by atoms with Gasteiger partial charge in [0.1, 0.15) is 24.8 Å². The van der Waals surface area contributed by atoms with Crippen LogP contribution in [-0.2, 0) is 5.66 Å². The van der Waals surface area contributed by atoms with Crippen molar-refractivity contribution in [2.45, 2.75) is 19.5 Å². The summed E-state index contributed by atoms with van der Waals surface area (Å²) in [6, 6.07) is 0. The maximum atomic E-state index is 3.04. The number of nitrogens with one attached hydrogen (secondary N) is 2. The standard InChI is InChI=1S/C9H12N4.2BrH/c1-9(2,12-5-3-10-7-12)13-6-4-11-8-13;;/h3-8H,1-2H3;2*1H. The third-order valence-corrected chi connectivity index (χ3v) is 2.35. The molecule has 0 aliphatic carbocycles. The Morgan fingerprint density at radius 3 is 1.53 bits per heavy atom. The minimum absolute atomic E-state index is 0. The zero-order chi connectivity index (χ0) is 9.31. The lowest BCUT2D eigenvalue weighted by molar-refractivity contribution is -0.986. The molecule has 0 atom stereocenters. The van der Waals surface area contributed by atoms with Crippen LogP contribution in [0.4, 0.5) is 0 Å². The van der Waals surface area contributed by atoms with Gasteiger partial charge in [-0.05, 0) is 0 Å². The number of rotatable bonds is 2. The van der Waals surface area contributed by atoms with Crippen molar-refractivity contribution in [3.8, 4) is 0 Å². The Hall–Kier alpha value is -0.620. The minimum atomic E-state index is -0.0833. The quantitative estimate of drug-likeness (QED) is 0.513. The van der Waals surface area contributed by atoms with Gasteiger partial charge in [0.2, 0.25) is 18.3 Å². The molecule has 0 fully saturated rings. The molecule has 0 spiro atoms. The molecule has 0 saturated carbocycles. The monoisotopic (exact) mass is 336 g/mol. The molecule has 84 valence electrons. The third kappa shape index (κ3) is 2.69. The molecule has 0 aliphatic rings. The second kappa shape index (κ2) is 5.46. The second-order valence-electron chi connectivity index (χ2n) is 3.53. The van der Waals surface area contributed by atoms with Crippen molar-refractivity contribution < 1.29 is 43.1 Å². The number of H-pyrrole nitrogens is 2. The van der Waals surface area contributed by atoms with Crippen LogP contribution in [0, 0.1) is 0 Å². The molecule has 6 heteroatoms. The van der Waals surface area contributed by atoms with E-state index in [4.69, 9.17) is 0 Å². The van der Waals surface area contributed by atoms with Crippen LogP contribution in [0.3, 0.4) is 0 Å². The van der Waals surface area contributed by atoms with E-state index in [0.717, 1.165) is 0 Å². The molecular weight excluding hydrogens is 324 g/mol. The summed E-state index contributed by atoms with van der Waals surface area (Å²) >= 11 is 0. The van der Waals surface area contributed by atoms with Crippen molar-refractivity contribution in [3.63, 3.8) is 0 Å². The van der Waals surface area contributed by atoms with E-state index in [1.165, 1.54) is 0 Å². The Kier molecular flexibility index (Phi) is 5.23. The number of imidazole rings is 2. The third-order valence-electron chi connectivity index (χ3n) is 2.35. The summed E-state index contributed by atoms with van der Waals surface area (Å²) in [4.78, 5) is 6.07. The molecule has 2 heterocycles. The van der Waals surface area contributed by atoms with Gasteiger partial charge in [0.05, 0.1) is 0 Å². The van der Waals surface area contributed by atoms with Crippen molar-refractivity contribution in [1.29, 1.82) is 0 Å². The summed E-state index contributed by atoms with van der Waals surface area (Å²) in [5, 5.41) is 0. The number of aromatic nitrogens is 4. The van der Waals surface area contributed by atoms with Crippen LogP contribution in [-0.4, -0.2) is 9.97 Å². The SMILES string of the molecule is CC(C)([n+]1cc[nH]c1)[n+]1cc[nH]c1.[Br-].[Br-]. The number of hydrogen-bond acceptors (Lipinski definition) is 0. The molecule has 0 unspecified atom stereocenters. The summed E-state index contributed by atoms with van der Waals surface area (Å²) in [5.74, 6) is 0. The molecule has 0 aliphatic heterocycles. The minimum Gasteiger partial charge on any atom is -1.00 e. The molecule has 0 aromatic carbocycles. The van der Waals surface area contributed by atoms with Gasteiger partial charge in [0.15, 0.2) is 0 Å². The van der Waals surface area contributed by atoms with Gasteiger partial charge in [0, 0.05) is 13.8 Å². The predicted molar refractivity (Wildman–Crippen MR) is 46.7 cm³/mol. The van der Waals surface area contributed by atoms with Gasteiger partial charge in [-0.2, -0.15) is 9.13 Å². The average molecular weight is 338 g/mol. The van der Waals surface area contributed by atoms with Crippen molar-refractivity contribution in [2.75, 3.05) is 0 Å². The lowest BCUT2D eigenvalue weighted by atomic mass is 10.2. The predicted octanol–water partition coefficient (Wildman–Crippen LogP) is -5.83. The van der Waals surface area contributed by atoms with Gasteiger partial charge in [-0.3, -0.25) is 9.97 Å². The fourth-order valence-electron chi connectivity index (χ4n) is 1.39. The van der Waals surface area contributed by atoms with Crippen LogP contribution in [0.2, 0.25) is 0 Å². The smallest absolute Gasteiger partial charge is 0.246 e. The van der Waals surface area contributed by atoms with Crippen LogP contribution in [0.5, 0.6) is 0 Å². The van der Waals surface area contributed by atoms with E-state index in [1.54, 1.807) is 0 Å². The van der Waals surface area contributed by atoms with Gasteiger partial charge < -0.3 is 34.0 Å². The largest absolute Gasteiger partial charge is 1.00 e. The highest BCUT2D eigenvalue weighted by atomic mass is 79.9. The zero-order valence-electron chi connectivity index (χ0n) is 8.61. The van der Waals surface area contributed by atoms with Crippen LogP contribution < -0.4 is 43.1 Å². The van der Waals surface area contributed by atoms with E-state index < -0.39 is 0 Å². The molecule has 15 heavy (non-hydrogen) atoms. The zero-order valence-corrected chi connectivity index (χ0v) is 11.8. The highest BCUT2D eigenvalue weighted by molar-refractivity contribution is 4.62. The summed E-state index contributed by atoms with van der Waals surface area (Å²) in [5.41, 5.74) is -0.0833. The van der Waals surface area contributed by atoms with Gasteiger partial charge >= 0.3 is 0 Å². The molecule has 2 rings (SSSR count). The fraction of sp³-hybridized carbons (Fsp3) is 0.333. The lowest BCUT2D eigenvalue weighted by Crippen LogP contribution is -3.00. The molecule has 2 aromatic rings. The van der Waals surface area contributed by atoms with Gasteiger partial charge in [-0.15, -0.1) is 0 Å². The van der Waals surface area contributed by atoms with Gasteiger partial charge in [-0.1, -0.05) is 0 Å². The Morgan fingerprint density at radius 2 is 1.27 bits per heavy atom. The first kappa shape index (κ1) is 14.4. The highest BCUT2D eigenvalue weighted by Crippen LogP contribution is 1.98. The Labute approximate surface area is 110 Å². The Bertz CT molecular complexity index is 330. The fourth-order valence-corrected chi connectivity index (χ4v) is 1.39. The van der Waals surface area contributed by atoms with Crippen molar-refractivity contribution in [1.82, 2.24) is 9.97 Å². The van der Waals surface area contributed by atoms with E-state index >= 15 is 0 Å². The van der Waals surface area contributed by atoms with Crippen molar-refractivity contribution >= 4 is 0 Å². The molecule has 0 radical (unpaired) electrons. The summed E-state index contributed by atoms with van der Waals surface area (Å²) in [6.45, 7) is 4.30. The van der Waals surface area contributed by atoms with Gasteiger partial charge in [0.25, 0.3) is 0 Å². The number of nitrogens with zero attached hydrogens (tertiary/aromatic N) is 2. The summed E-state index contributed by atoms with van der Waals surface area (Å²) in [7, 11) is 0. The summed E-state index contributed by atoms with van der Waals surface area (Å²) in [6.07, 6.45) is 11.7.